The molecule has 2 aromatic rings. The molecular weight excluding hydrogens is 306 g/mol. The van der Waals surface area contributed by atoms with Crippen molar-refractivity contribution in [1.82, 2.24) is 24.8 Å². The number of piperidine rings is 3. The second kappa shape index (κ2) is 6.16. The fraction of sp³-hybridized carbons (Fsp3) is 0.412. The van der Waals surface area contributed by atoms with Gasteiger partial charge in [-0.05, 0) is 37.9 Å². The molecule has 3 aliphatic heterocycles. The molecule has 3 fully saturated rings. The van der Waals surface area contributed by atoms with Crippen LogP contribution >= 0.6 is 0 Å². The van der Waals surface area contributed by atoms with E-state index in [1.54, 1.807) is 12.3 Å². The van der Waals surface area contributed by atoms with Gasteiger partial charge in [-0.1, -0.05) is 0 Å². The van der Waals surface area contributed by atoms with Gasteiger partial charge >= 0.3 is 0 Å². The Labute approximate surface area is 139 Å². The molecule has 2 aromatic heterocycles. The minimum atomic E-state index is -0.241. The Kier molecular flexibility index (Phi) is 3.86. The van der Waals surface area contributed by atoms with Crippen LogP contribution in [0.25, 0.3) is 5.82 Å². The van der Waals surface area contributed by atoms with Crippen molar-refractivity contribution in [1.29, 1.82) is 0 Å². The molecule has 5 heterocycles. The molecule has 3 aliphatic rings. The highest BCUT2D eigenvalue weighted by Gasteiger charge is 2.34. The largest absolute Gasteiger partial charge is 0.348 e. The van der Waals surface area contributed by atoms with Crippen LogP contribution in [-0.4, -0.2) is 51.0 Å². The minimum absolute atomic E-state index is 0.147. The Morgan fingerprint density at radius 2 is 2.04 bits per heavy atom. The van der Waals surface area contributed by atoms with Crippen molar-refractivity contribution in [3.8, 4) is 5.82 Å². The predicted octanol–water partition coefficient (Wildman–Crippen LogP) is 0.451. The summed E-state index contributed by atoms with van der Waals surface area (Å²) in [5.41, 5.74) is 0.214. The summed E-state index contributed by atoms with van der Waals surface area (Å²) in [7, 11) is 0. The normalized spacial score (nSPS) is 25.4. The minimum Gasteiger partial charge on any atom is -0.348 e. The number of nitrogens with one attached hydrogen (secondary N) is 1. The van der Waals surface area contributed by atoms with Gasteiger partial charge in [0.2, 0.25) is 0 Å². The lowest BCUT2D eigenvalue weighted by Gasteiger charge is -2.44. The summed E-state index contributed by atoms with van der Waals surface area (Å²) in [6, 6.07) is 3.14. The molecule has 3 saturated heterocycles. The Morgan fingerprint density at radius 3 is 2.71 bits per heavy atom. The van der Waals surface area contributed by atoms with Gasteiger partial charge in [0.1, 0.15) is 0 Å². The van der Waals surface area contributed by atoms with Crippen LogP contribution in [0.15, 0.2) is 41.7 Å². The van der Waals surface area contributed by atoms with E-state index in [1.807, 2.05) is 0 Å². The van der Waals surface area contributed by atoms with Crippen LogP contribution in [-0.2, 0) is 0 Å². The first-order valence-electron chi connectivity index (χ1n) is 8.23. The van der Waals surface area contributed by atoms with Gasteiger partial charge in [-0.3, -0.25) is 19.1 Å². The van der Waals surface area contributed by atoms with Crippen LogP contribution in [0.2, 0.25) is 0 Å². The Bertz CT molecular complexity index is 796. The van der Waals surface area contributed by atoms with E-state index >= 15 is 0 Å². The summed E-state index contributed by atoms with van der Waals surface area (Å²) >= 11 is 0. The lowest BCUT2D eigenvalue weighted by Crippen LogP contribution is -2.57. The van der Waals surface area contributed by atoms with E-state index in [1.165, 1.54) is 29.2 Å². The third-order valence-corrected chi connectivity index (χ3v) is 4.94. The van der Waals surface area contributed by atoms with Crippen LogP contribution in [0, 0.1) is 5.92 Å². The van der Waals surface area contributed by atoms with E-state index in [4.69, 9.17) is 0 Å². The number of hydrogen-bond acceptors (Lipinski definition) is 5. The number of pyridine rings is 1. The van der Waals surface area contributed by atoms with Gasteiger partial charge in [0.25, 0.3) is 11.5 Å². The molecule has 1 amide bonds. The van der Waals surface area contributed by atoms with Gasteiger partial charge in [-0.15, -0.1) is 0 Å². The van der Waals surface area contributed by atoms with Crippen molar-refractivity contribution in [2.45, 2.75) is 18.9 Å². The smallest absolute Gasteiger partial charge is 0.256 e. The summed E-state index contributed by atoms with van der Waals surface area (Å²) in [5.74, 6) is 0.816. The van der Waals surface area contributed by atoms with Crippen molar-refractivity contribution >= 4 is 5.91 Å². The molecule has 2 bridgehead atoms. The van der Waals surface area contributed by atoms with Gasteiger partial charge in [0.05, 0.1) is 11.8 Å². The zero-order valence-corrected chi connectivity index (χ0v) is 13.3. The summed E-state index contributed by atoms with van der Waals surface area (Å²) in [6.07, 6.45) is 8.37. The first-order valence-corrected chi connectivity index (χ1v) is 8.23. The van der Waals surface area contributed by atoms with Gasteiger partial charge < -0.3 is 10.2 Å². The number of carbonyl (C=O) groups excluding carboxylic acids is 1. The summed E-state index contributed by atoms with van der Waals surface area (Å²) in [5, 5.41) is 3.13. The van der Waals surface area contributed by atoms with Gasteiger partial charge in [0, 0.05) is 37.2 Å². The number of fused-ring (bicyclic) bond motifs is 3. The van der Waals surface area contributed by atoms with Crippen LogP contribution in [0.3, 0.4) is 0 Å². The van der Waals surface area contributed by atoms with Crippen LogP contribution < -0.4 is 10.9 Å². The van der Waals surface area contributed by atoms with Gasteiger partial charge in [-0.25, -0.2) is 4.98 Å². The number of carbonyl (C=O) groups is 1. The molecule has 7 heteroatoms. The maximum Gasteiger partial charge on any atom is 0.256 e. The molecular formula is C17H19N5O2. The van der Waals surface area contributed by atoms with E-state index < -0.39 is 0 Å². The topological polar surface area (TPSA) is 80.1 Å². The first kappa shape index (κ1) is 15.0. The second-order valence-corrected chi connectivity index (χ2v) is 6.41. The number of nitrogens with zero attached hydrogens (tertiary/aromatic N) is 4. The third kappa shape index (κ3) is 2.82. The Hall–Kier alpha value is -2.54. The number of amides is 1. The van der Waals surface area contributed by atoms with Crippen LogP contribution in [0.5, 0.6) is 0 Å². The molecule has 1 atom stereocenters. The fourth-order valence-corrected chi connectivity index (χ4v) is 3.60. The van der Waals surface area contributed by atoms with Crippen molar-refractivity contribution in [3.05, 3.63) is 52.8 Å². The quantitative estimate of drug-likeness (QED) is 0.886. The SMILES string of the molecule is O=C(NC1CN2CCC1CC2)c1ccc(=O)n(-c2cnccn2)c1. The van der Waals surface area contributed by atoms with Crippen molar-refractivity contribution in [3.63, 3.8) is 0 Å². The molecule has 0 aliphatic carbocycles. The summed E-state index contributed by atoms with van der Waals surface area (Å²) < 4.78 is 1.35. The Balaban J connectivity index is 1.56. The summed E-state index contributed by atoms with van der Waals surface area (Å²) in [6.45, 7) is 3.18. The van der Waals surface area contributed by atoms with Crippen molar-refractivity contribution in [2.24, 2.45) is 5.92 Å². The number of rotatable bonds is 3. The molecule has 1 N–H and O–H groups in total. The molecule has 1 unspecified atom stereocenters. The van der Waals surface area contributed by atoms with E-state index in [2.05, 4.69) is 20.2 Å². The van der Waals surface area contributed by atoms with Crippen LogP contribution in [0.1, 0.15) is 23.2 Å². The van der Waals surface area contributed by atoms with Crippen LogP contribution in [0.4, 0.5) is 0 Å². The zero-order valence-electron chi connectivity index (χ0n) is 13.3. The predicted molar refractivity (Wildman–Crippen MR) is 88.0 cm³/mol. The first-order chi connectivity index (χ1) is 11.7. The second-order valence-electron chi connectivity index (χ2n) is 6.41. The maximum atomic E-state index is 12.6. The van der Waals surface area contributed by atoms with E-state index in [0.29, 0.717) is 17.3 Å². The van der Waals surface area contributed by atoms with Crippen molar-refractivity contribution < 1.29 is 4.79 Å². The maximum absolute atomic E-state index is 12.6. The monoisotopic (exact) mass is 325 g/mol. The highest BCUT2D eigenvalue weighted by atomic mass is 16.2. The molecule has 0 spiro atoms. The molecule has 0 radical (unpaired) electrons. The van der Waals surface area contributed by atoms with Gasteiger partial charge in [-0.2, -0.15) is 0 Å². The number of hydrogen-bond donors (Lipinski definition) is 1. The molecule has 7 nitrogen and oxygen atoms in total. The lowest BCUT2D eigenvalue weighted by molar-refractivity contribution is 0.0620. The standard InChI is InChI=1S/C17H19N5O2/c23-16-2-1-13(10-22(16)15-9-18-5-6-19-15)17(24)20-14-11-21-7-3-12(14)4-8-21/h1-2,5-6,9-10,12,14H,3-4,7-8,11H2,(H,20,24). The highest BCUT2D eigenvalue weighted by molar-refractivity contribution is 5.94. The lowest BCUT2D eigenvalue weighted by atomic mass is 9.84. The fourth-order valence-electron chi connectivity index (χ4n) is 3.60. The average Bonchev–Trinajstić information content (AvgIpc) is 2.64. The molecule has 5 rings (SSSR count). The summed E-state index contributed by atoms with van der Waals surface area (Å²) in [4.78, 5) is 35.1. The Morgan fingerprint density at radius 1 is 1.21 bits per heavy atom. The van der Waals surface area contributed by atoms with Gasteiger partial charge in [0.15, 0.2) is 5.82 Å². The highest BCUT2D eigenvalue weighted by Crippen LogP contribution is 2.27. The van der Waals surface area contributed by atoms with E-state index in [-0.39, 0.29) is 17.5 Å². The van der Waals surface area contributed by atoms with Crippen molar-refractivity contribution in [2.75, 3.05) is 19.6 Å². The molecule has 24 heavy (non-hydrogen) atoms. The number of aromatic nitrogens is 3. The molecule has 0 aromatic carbocycles. The zero-order chi connectivity index (χ0) is 16.5. The average molecular weight is 325 g/mol. The van der Waals surface area contributed by atoms with E-state index in [0.717, 1.165) is 32.5 Å². The molecule has 0 saturated carbocycles. The van der Waals surface area contributed by atoms with E-state index in [9.17, 15) is 9.59 Å². The third-order valence-electron chi connectivity index (χ3n) is 4.94. The molecule has 124 valence electrons.